The zero-order valence-electron chi connectivity index (χ0n) is 8.68. The molecule has 0 amide bonds. The number of nitrogens with zero attached hydrogens (tertiary/aromatic N) is 2. The SMILES string of the molecule is Cc1c(N)cnn1CC1CCCS1(=O)=O. The molecule has 1 aliphatic rings. The first-order valence-electron chi connectivity index (χ1n) is 5.00. The van der Waals surface area contributed by atoms with Gasteiger partial charge in [0.25, 0.3) is 0 Å². The quantitative estimate of drug-likeness (QED) is 0.793. The van der Waals surface area contributed by atoms with Crippen molar-refractivity contribution in [3.63, 3.8) is 0 Å². The van der Waals surface area contributed by atoms with Gasteiger partial charge in [-0.2, -0.15) is 5.10 Å². The molecule has 5 nitrogen and oxygen atoms in total. The summed E-state index contributed by atoms with van der Waals surface area (Å²) in [5, 5.41) is 3.79. The number of aromatic nitrogens is 2. The summed E-state index contributed by atoms with van der Waals surface area (Å²) in [6, 6.07) is 0. The fourth-order valence-electron chi connectivity index (χ4n) is 1.90. The van der Waals surface area contributed by atoms with E-state index in [1.807, 2.05) is 6.92 Å². The van der Waals surface area contributed by atoms with Gasteiger partial charge in [0.1, 0.15) is 0 Å². The average Bonchev–Trinajstić information content (AvgIpc) is 2.64. The van der Waals surface area contributed by atoms with Gasteiger partial charge in [-0.3, -0.25) is 4.68 Å². The normalized spacial score (nSPS) is 24.5. The molecule has 0 aromatic carbocycles. The van der Waals surface area contributed by atoms with Crippen molar-refractivity contribution in [2.45, 2.75) is 31.6 Å². The summed E-state index contributed by atoms with van der Waals surface area (Å²) in [6.45, 7) is 2.29. The number of nitrogens with two attached hydrogens (primary N) is 1. The van der Waals surface area contributed by atoms with Crippen LogP contribution in [0.2, 0.25) is 0 Å². The Morgan fingerprint density at radius 1 is 1.67 bits per heavy atom. The molecule has 0 bridgehead atoms. The van der Waals surface area contributed by atoms with Gasteiger partial charge in [-0.1, -0.05) is 0 Å². The second-order valence-electron chi connectivity index (χ2n) is 4.00. The first-order chi connectivity index (χ1) is 7.00. The van der Waals surface area contributed by atoms with E-state index >= 15 is 0 Å². The molecular formula is C9H15N3O2S. The highest BCUT2D eigenvalue weighted by Crippen LogP contribution is 2.22. The minimum absolute atomic E-state index is 0.282. The Kier molecular flexibility index (Phi) is 2.46. The maximum Gasteiger partial charge on any atom is 0.154 e. The smallest absolute Gasteiger partial charge is 0.154 e. The van der Waals surface area contributed by atoms with Crippen LogP contribution >= 0.6 is 0 Å². The van der Waals surface area contributed by atoms with Crippen molar-refractivity contribution in [3.05, 3.63) is 11.9 Å². The molecule has 1 aromatic heterocycles. The summed E-state index contributed by atoms with van der Waals surface area (Å²) in [6.07, 6.45) is 3.07. The molecular weight excluding hydrogens is 214 g/mol. The number of hydrogen-bond donors (Lipinski definition) is 1. The maximum atomic E-state index is 11.6. The molecule has 1 unspecified atom stereocenters. The van der Waals surface area contributed by atoms with Crippen molar-refractivity contribution in [3.8, 4) is 0 Å². The summed E-state index contributed by atoms with van der Waals surface area (Å²) >= 11 is 0. The van der Waals surface area contributed by atoms with Crippen LogP contribution in [0.5, 0.6) is 0 Å². The van der Waals surface area contributed by atoms with Gasteiger partial charge in [0.15, 0.2) is 9.84 Å². The Morgan fingerprint density at radius 3 is 2.87 bits per heavy atom. The molecule has 6 heteroatoms. The molecule has 15 heavy (non-hydrogen) atoms. The summed E-state index contributed by atoms with van der Waals surface area (Å²) < 4.78 is 24.9. The van der Waals surface area contributed by atoms with Crippen molar-refractivity contribution in [1.82, 2.24) is 9.78 Å². The first-order valence-corrected chi connectivity index (χ1v) is 6.72. The van der Waals surface area contributed by atoms with Gasteiger partial charge in [-0.25, -0.2) is 8.42 Å². The molecule has 0 aliphatic carbocycles. The molecule has 1 saturated heterocycles. The van der Waals surface area contributed by atoms with Crippen LogP contribution in [0.15, 0.2) is 6.20 Å². The van der Waals surface area contributed by atoms with Crippen molar-refractivity contribution in [2.75, 3.05) is 11.5 Å². The average molecular weight is 229 g/mol. The van der Waals surface area contributed by atoms with Gasteiger partial charge in [-0.15, -0.1) is 0 Å². The van der Waals surface area contributed by atoms with Crippen molar-refractivity contribution in [1.29, 1.82) is 0 Å². The van der Waals surface area contributed by atoms with Gasteiger partial charge < -0.3 is 5.73 Å². The molecule has 0 spiro atoms. The third kappa shape index (κ3) is 1.86. The van der Waals surface area contributed by atoms with E-state index in [1.165, 1.54) is 0 Å². The van der Waals surface area contributed by atoms with Crippen LogP contribution in [0.25, 0.3) is 0 Å². The van der Waals surface area contributed by atoms with Gasteiger partial charge in [-0.05, 0) is 19.8 Å². The van der Waals surface area contributed by atoms with Gasteiger partial charge in [0.05, 0.1) is 35.1 Å². The van der Waals surface area contributed by atoms with Crippen LogP contribution in [0.1, 0.15) is 18.5 Å². The van der Waals surface area contributed by atoms with Crippen LogP contribution in [0.4, 0.5) is 5.69 Å². The Balaban J connectivity index is 2.19. The predicted octanol–water partition coefficient (Wildman–Crippen LogP) is 0.351. The van der Waals surface area contributed by atoms with E-state index in [-0.39, 0.29) is 5.25 Å². The van der Waals surface area contributed by atoms with Gasteiger partial charge in [0, 0.05) is 0 Å². The van der Waals surface area contributed by atoms with E-state index in [0.717, 1.165) is 18.5 Å². The molecule has 2 N–H and O–H groups in total. The lowest BCUT2D eigenvalue weighted by molar-refractivity contribution is 0.535. The molecule has 1 fully saturated rings. The molecule has 0 radical (unpaired) electrons. The molecule has 1 aliphatic heterocycles. The number of nitrogen functional groups attached to an aromatic ring is 1. The van der Waals surface area contributed by atoms with E-state index < -0.39 is 9.84 Å². The first kappa shape index (κ1) is 10.5. The van der Waals surface area contributed by atoms with E-state index in [0.29, 0.717) is 18.0 Å². The fourth-order valence-corrected chi connectivity index (χ4v) is 3.70. The van der Waals surface area contributed by atoms with Crippen LogP contribution in [-0.4, -0.2) is 29.2 Å². The monoisotopic (exact) mass is 229 g/mol. The molecule has 84 valence electrons. The fraction of sp³-hybridized carbons (Fsp3) is 0.667. The molecule has 1 aromatic rings. The zero-order chi connectivity index (χ0) is 11.1. The Labute approximate surface area is 89.2 Å². The highest BCUT2D eigenvalue weighted by molar-refractivity contribution is 7.92. The number of sulfone groups is 1. The Bertz CT molecular complexity index is 464. The lowest BCUT2D eigenvalue weighted by Gasteiger charge is -2.10. The van der Waals surface area contributed by atoms with Crippen LogP contribution in [0, 0.1) is 6.92 Å². The topological polar surface area (TPSA) is 78.0 Å². The highest BCUT2D eigenvalue weighted by atomic mass is 32.2. The summed E-state index contributed by atoms with van der Waals surface area (Å²) in [4.78, 5) is 0. The van der Waals surface area contributed by atoms with E-state index in [1.54, 1.807) is 10.9 Å². The Hall–Kier alpha value is -1.04. The van der Waals surface area contributed by atoms with E-state index in [2.05, 4.69) is 5.10 Å². The van der Waals surface area contributed by atoms with Crippen LogP contribution in [-0.2, 0) is 16.4 Å². The third-order valence-electron chi connectivity index (χ3n) is 2.98. The molecule has 1 atom stereocenters. The number of hydrogen-bond acceptors (Lipinski definition) is 4. The minimum atomic E-state index is -2.89. The summed E-state index contributed by atoms with van der Waals surface area (Å²) in [5.41, 5.74) is 7.11. The molecule has 2 heterocycles. The Morgan fingerprint density at radius 2 is 2.40 bits per heavy atom. The standard InChI is InChI=1S/C9H15N3O2S/c1-7-9(10)5-11-12(7)6-8-3-2-4-15(8,13)14/h5,8H,2-4,6,10H2,1H3. The molecule has 0 saturated carbocycles. The predicted molar refractivity (Wildman–Crippen MR) is 58.2 cm³/mol. The third-order valence-corrected chi connectivity index (χ3v) is 5.24. The lowest BCUT2D eigenvalue weighted by atomic mass is 10.2. The highest BCUT2D eigenvalue weighted by Gasteiger charge is 2.31. The van der Waals surface area contributed by atoms with Gasteiger partial charge in [0.2, 0.25) is 0 Å². The summed E-state index contributed by atoms with van der Waals surface area (Å²) in [7, 11) is -2.89. The van der Waals surface area contributed by atoms with E-state index in [9.17, 15) is 8.42 Å². The van der Waals surface area contributed by atoms with Crippen LogP contribution in [0.3, 0.4) is 0 Å². The lowest BCUT2D eigenvalue weighted by Crippen LogP contribution is -2.23. The number of anilines is 1. The number of rotatable bonds is 2. The second kappa shape index (κ2) is 3.52. The van der Waals surface area contributed by atoms with Crippen LogP contribution < -0.4 is 5.73 Å². The van der Waals surface area contributed by atoms with Crippen molar-refractivity contribution < 1.29 is 8.42 Å². The molecule has 2 rings (SSSR count). The van der Waals surface area contributed by atoms with Crippen molar-refractivity contribution >= 4 is 15.5 Å². The maximum absolute atomic E-state index is 11.6. The van der Waals surface area contributed by atoms with Gasteiger partial charge >= 0.3 is 0 Å². The second-order valence-corrected chi connectivity index (χ2v) is 6.40. The van der Waals surface area contributed by atoms with Crippen molar-refractivity contribution in [2.24, 2.45) is 0 Å². The zero-order valence-corrected chi connectivity index (χ0v) is 9.50. The summed E-state index contributed by atoms with van der Waals surface area (Å²) in [5.74, 6) is 0.313. The largest absolute Gasteiger partial charge is 0.396 e. The van der Waals surface area contributed by atoms with E-state index in [4.69, 9.17) is 5.73 Å². The minimum Gasteiger partial charge on any atom is -0.396 e.